The molecule has 0 spiro atoms. The number of ether oxygens (including phenoxy) is 1. The molecular formula is C18H24N4O3S2. The van der Waals surface area contributed by atoms with E-state index in [0.717, 1.165) is 30.7 Å². The Hall–Kier alpha value is -1.87. The normalized spacial score (nSPS) is 16.1. The minimum Gasteiger partial charge on any atom is -0.462 e. The summed E-state index contributed by atoms with van der Waals surface area (Å²) in [5.41, 5.74) is 1.58. The first-order valence-electron chi connectivity index (χ1n) is 9.01. The van der Waals surface area contributed by atoms with Crippen molar-refractivity contribution in [1.29, 1.82) is 0 Å². The molecule has 146 valence electrons. The van der Waals surface area contributed by atoms with Crippen LogP contribution in [0.5, 0.6) is 0 Å². The molecule has 0 fully saturated rings. The number of aromatic nitrogens is 3. The second-order valence-electron chi connectivity index (χ2n) is 6.70. The molecule has 0 radical (unpaired) electrons. The van der Waals surface area contributed by atoms with Crippen molar-refractivity contribution < 1.29 is 14.3 Å². The van der Waals surface area contributed by atoms with Crippen molar-refractivity contribution in [2.45, 2.75) is 45.2 Å². The molecule has 1 atom stereocenters. The first-order valence-corrected chi connectivity index (χ1v) is 10.8. The van der Waals surface area contributed by atoms with Gasteiger partial charge in [-0.25, -0.2) is 4.79 Å². The van der Waals surface area contributed by atoms with Crippen LogP contribution in [-0.2, 0) is 29.4 Å². The zero-order valence-corrected chi connectivity index (χ0v) is 17.6. The Morgan fingerprint density at radius 1 is 1.41 bits per heavy atom. The van der Waals surface area contributed by atoms with E-state index in [-0.39, 0.29) is 17.6 Å². The molecule has 2 aromatic heterocycles. The predicted molar refractivity (Wildman–Crippen MR) is 107 cm³/mol. The van der Waals surface area contributed by atoms with Gasteiger partial charge in [0.15, 0.2) is 5.16 Å². The minimum absolute atomic E-state index is 0.169. The number of esters is 1. The first-order chi connectivity index (χ1) is 12.9. The quantitative estimate of drug-likeness (QED) is 0.583. The number of thioether (sulfide) groups is 1. The van der Waals surface area contributed by atoms with Crippen LogP contribution in [0.2, 0.25) is 0 Å². The molecule has 1 aliphatic rings. The summed E-state index contributed by atoms with van der Waals surface area (Å²) >= 11 is 2.82. The van der Waals surface area contributed by atoms with Crippen LogP contribution >= 0.6 is 23.1 Å². The molecule has 0 bridgehead atoms. The highest BCUT2D eigenvalue weighted by Gasteiger charge is 2.29. The molecule has 1 aliphatic carbocycles. The molecule has 0 saturated heterocycles. The molecule has 2 heterocycles. The lowest BCUT2D eigenvalue weighted by molar-refractivity contribution is -0.113. The molecule has 9 heteroatoms. The predicted octanol–water partition coefficient (Wildman–Crippen LogP) is 3.22. The molecule has 2 aromatic rings. The van der Waals surface area contributed by atoms with Gasteiger partial charge in [-0.15, -0.1) is 21.5 Å². The standard InChI is InChI=1S/C18H24N4O3S2/c1-5-25-17(24)15-12-7-6-10(2)8-13(12)27-16(15)19-14(23)9-26-18-21-20-11(3)22(18)4/h10H,5-9H2,1-4H3,(H,19,23)/t10-/m0/s1. The van der Waals surface area contributed by atoms with Crippen LogP contribution in [0.4, 0.5) is 5.00 Å². The van der Waals surface area contributed by atoms with Gasteiger partial charge in [0.1, 0.15) is 10.8 Å². The summed E-state index contributed by atoms with van der Waals surface area (Å²) < 4.78 is 7.08. The van der Waals surface area contributed by atoms with E-state index in [1.54, 1.807) is 6.92 Å². The number of amides is 1. The van der Waals surface area contributed by atoms with Crippen LogP contribution in [0.15, 0.2) is 5.16 Å². The third-order valence-electron chi connectivity index (χ3n) is 4.63. The Kier molecular flexibility index (Phi) is 6.21. The number of carbonyl (C=O) groups excluding carboxylic acids is 2. The molecule has 0 unspecified atom stereocenters. The van der Waals surface area contributed by atoms with Gasteiger partial charge in [0.2, 0.25) is 5.91 Å². The van der Waals surface area contributed by atoms with Crippen molar-refractivity contribution in [2.24, 2.45) is 13.0 Å². The van der Waals surface area contributed by atoms with E-state index in [0.29, 0.717) is 28.2 Å². The van der Waals surface area contributed by atoms with Gasteiger partial charge in [-0.1, -0.05) is 18.7 Å². The molecule has 3 rings (SSSR count). The van der Waals surface area contributed by atoms with Gasteiger partial charge < -0.3 is 14.6 Å². The molecule has 7 nitrogen and oxygen atoms in total. The fourth-order valence-corrected chi connectivity index (χ4v) is 5.24. The summed E-state index contributed by atoms with van der Waals surface area (Å²) in [4.78, 5) is 26.2. The lowest BCUT2D eigenvalue weighted by Crippen LogP contribution is -2.18. The van der Waals surface area contributed by atoms with E-state index in [4.69, 9.17) is 4.74 Å². The maximum absolute atomic E-state index is 12.5. The highest BCUT2D eigenvalue weighted by Crippen LogP contribution is 2.40. The van der Waals surface area contributed by atoms with Crippen molar-refractivity contribution >= 4 is 40.0 Å². The molecule has 0 saturated carbocycles. The van der Waals surface area contributed by atoms with Gasteiger partial charge in [-0.2, -0.15) is 0 Å². The molecular weight excluding hydrogens is 384 g/mol. The lowest BCUT2D eigenvalue weighted by atomic mass is 9.88. The zero-order chi connectivity index (χ0) is 19.6. The monoisotopic (exact) mass is 408 g/mol. The van der Waals surface area contributed by atoms with Crippen LogP contribution in [-0.4, -0.2) is 39.0 Å². The number of hydrogen-bond donors (Lipinski definition) is 1. The zero-order valence-electron chi connectivity index (χ0n) is 16.0. The number of thiophene rings is 1. The maximum Gasteiger partial charge on any atom is 0.341 e. The smallest absolute Gasteiger partial charge is 0.341 e. The molecule has 27 heavy (non-hydrogen) atoms. The van der Waals surface area contributed by atoms with Gasteiger partial charge in [0, 0.05) is 11.9 Å². The number of carbonyl (C=O) groups is 2. The second kappa shape index (κ2) is 8.43. The maximum atomic E-state index is 12.5. The van der Waals surface area contributed by atoms with Gasteiger partial charge in [-0.3, -0.25) is 4.79 Å². The van der Waals surface area contributed by atoms with Gasteiger partial charge in [-0.05, 0) is 44.6 Å². The SMILES string of the molecule is CCOC(=O)c1c(NC(=O)CSc2nnc(C)n2C)sc2c1CC[C@H](C)C2. The highest BCUT2D eigenvalue weighted by atomic mass is 32.2. The van der Waals surface area contributed by atoms with Crippen molar-refractivity contribution in [3.63, 3.8) is 0 Å². The number of nitrogens with one attached hydrogen (secondary N) is 1. The number of rotatable bonds is 6. The molecule has 0 aromatic carbocycles. The Balaban J connectivity index is 1.76. The third-order valence-corrected chi connectivity index (χ3v) is 6.82. The summed E-state index contributed by atoms with van der Waals surface area (Å²) in [6.07, 6.45) is 2.84. The van der Waals surface area contributed by atoms with E-state index >= 15 is 0 Å². The van der Waals surface area contributed by atoms with Crippen molar-refractivity contribution in [3.8, 4) is 0 Å². The first kappa shape index (κ1) is 19.9. The number of hydrogen-bond acceptors (Lipinski definition) is 7. The summed E-state index contributed by atoms with van der Waals surface area (Å²) in [5.74, 6) is 1.06. The second-order valence-corrected chi connectivity index (χ2v) is 8.75. The van der Waals surface area contributed by atoms with E-state index in [9.17, 15) is 9.59 Å². The Morgan fingerprint density at radius 3 is 2.85 bits per heavy atom. The van der Waals surface area contributed by atoms with Crippen LogP contribution < -0.4 is 5.32 Å². The summed E-state index contributed by atoms with van der Waals surface area (Å²) in [6.45, 7) is 6.18. The van der Waals surface area contributed by atoms with Crippen LogP contribution in [0.1, 0.15) is 46.9 Å². The Bertz CT molecular complexity index is 859. The number of fused-ring (bicyclic) bond motifs is 1. The van der Waals surface area contributed by atoms with Gasteiger partial charge >= 0.3 is 5.97 Å². The van der Waals surface area contributed by atoms with E-state index in [2.05, 4.69) is 22.4 Å². The minimum atomic E-state index is -0.351. The summed E-state index contributed by atoms with van der Waals surface area (Å²) in [5, 5.41) is 12.2. The van der Waals surface area contributed by atoms with E-state index < -0.39 is 0 Å². The van der Waals surface area contributed by atoms with Gasteiger partial charge in [0.25, 0.3) is 0 Å². The van der Waals surface area contributed by atoms with Crippen molar-refractivity contribution in [1.82, 2.24) is 14.8 Å². The number of aryl methyl sites for hydroxylation is 1. The lowest BCUT2D eigenvalue weighted by Gasteiger charge is -2.18. The Labute approximate surface area is 166 Å². The topological polar surface area (TPSA) is 86.1 Å². The summed E-state index contributed by atoms with van der Waals surface area (Å²) in [6, 6.07) is 0. The van der Waals surface area contributed by atoms with Crippen molar-refractivity contribution in [2.75, 3.05) is 17.7 Å². The Morgan fingerprint density at radius 2 is 2.19 bits per heavy atom. The highest BCUT2D eigenvalue weighted by molar-refractivity contribution is 7.99. The van der Waals surface area contributed by atoms with E-state index in [1.165, 1.54) is 28.0 Å². The fourth-order valence-electron chi connectivity index (χ4n) is 3.06. The third kappa shape index (κ3) is 4.35. The average Bonchev–Trinajstić information content (AvgIpc) is 3.13. The van der Waals surface area contributed by atoms with Crippen LogP contribution in [0, 0.1) is 12.8 Å². The number of nitrogens with zero attached hydrogens (tertiary/aromatic N) is 3. The van der Waals surface area contributed by atoms with Crippen LogP contribution in [0.3, 0.4) is 0 Å². The number of anilines is 1. The summed E-state index contributed by atoms with van der Waals surface area (Å²) in [7, 11) is 1.86. The molecule has 0 aliphatic heterocycles. The average molecular weight is 409 g/mol. The van der Waals surface area contributed by atoms with Gasteiger partial charge in [0.05, 0.1) is 17.9 Å². The van der Waals surface area contributed by atoms with Crippen molar-refractivity contribution in [3.05, 3.63) is 21.8 Å². The van der Waals surface area contributed by atoms with Crippen LogP contribution in [0.25, 0.3) is 0 Å². The largest absolute Gasteiger partial charge is 0.462 e. The molecule has 1 amide bonds. The molecule has 1 N–H and O–H groups in total. The van der Waals surface area contributed by atoms with E-state index in [1.807, 2.05) is 18.5 Å². The fraction of sp³-hybridized carbons (Fsp3) is 0.556.